The summed E-state index contributed by atoms with van der Waals surface area (Å²) in [6, 6.07) is 18.3. The summed E-state index contributed by atoms with van der Waals surface area (Å²) in [5.41, 5.74) is 12.6. The van der Waals surface area contributed by atoms with Gasteiger partial charge in [0.05, 0.1) is 27.5 Å². The minimum absolute atomic E-state index is 0.170. The third kappa shape index (κ3) is 5.98. The van der Waals surface area contributed by atoms with Gasteiger partial charge in [0.2, 0.25) is 0 Å². The zero-order valence-corrected chi connectivity index (χ0v) is 24.7. The number of nitrogens with two attached hydrogens (primary N) is 1. The predicted octanol–water partition coefficient (Wildman–Crippen LogP) is 7.93. The molecule has 0 amide bonds. The lowest BCUT2D eigenvalue weighted by Crippen LogP contribution is -2.15. The number of carboxylic acid groups (broad SMARTS) is 1. The van der Waals surface area contributed by atoms with E-state index in [0.717, 1.165) is 45.5 Å². The van der Waals surface area contributed by atoms with Crippen LogP contribution >= 0.6 is 23.2 Å². The number of nitrogens with zero attached hydrogens (tertiary/aromatic N) is 3. The number of carbonyl (C=O) groups is 1. The monoisotopic (exact) mass is 590 g/mol. The number of rotatable bonds is 10. The molecule has 3 N–H and O–H groups in total. The first-order valence-corrected chi connectivity index (χ1v) is 14.2. The summed E-state index contributed by atoms with van der Waals surface area (Å²) < 4.78 is 10.1. The van der Waals surface area contributed by atoms with Crippen LogP contribution in [-0.2, 0) is 13.2 Å². The number of aromatic nitrogens is 3. The first kappa shape index (κ1) is 28.7. The second-order valence-corrected chi connectivity index (χ2v) is 11.3. The first-order chi connectivity index (χ1) is 19.6. The van der Waals surface area contributed by atoms with Gasteiger partial charge in [-0.15, -0.1) is 0 Å². The maximum absolute atomic E-state index is 11.3. The number of aryl methyl sites for hydroxylation is 2. The molecule has 0 fully saturated rings. The highest BCUT2D eigenvalue weighted by atomic mass is 35.5. The fourth-order valence-electron chi connectivity index (χ4n) is 5.16. The molecule has 0 radical (unpaired) electrons. The maximum Gasteiger partial charge on any atom is 0.335 e. The van der Waals surface area contributed by atoms with Crippen LogP contribution in [0.1, 0.15) is 65.0 Å². The van der Waals surface area contributed by atoms with E-state index in [4.69, 9.17) is 33.7 Å². The lowest BCUT2D eigenvalue weighted by atomic mass is 9.99. The molecule has 0 saturated heterocycles. The number of ether oxygens (including phenoxy) is 1. The number of aromatic carboxylic acids is 1. The molecular weight excluding hydrogens is 559 g/mol. The van der Waals surface area contributed by atoms with Crippen molar-refractivity contribution < 1.29 is 14.6 Å². The summed E-state index contributed by atoms with van der Waals surface area (Å²) in [5.74, 6) is 0.0414. The Morgan fingerprint density at radius 1 is 1.05 bits per heavy atom. The van der Waals surface area contributed by atoms with Gasteiger partial charge in [0, 0.05) is 29.7 Å². The van der Waals surface area contributed by atoms with Gasteiger partial charge in [-0.05, 0) is 84.5 Å². The standard InChI is InChI=1S/C32H32Cl2N4O3/c1-19(2)25-17-36-38(31-26(33)5-4-6-27(31)34)30(25)18-41-23-8-9-24(20(3)15-23)28(35)12-14-37-13-11-21-16-22(32(39)40)7-10-29(21)37/h4-11,13,15-17,19,28H,12,14,18,35H2,1-3H3,(H,39,40). The smallest absolute Gasteiger partial charge is 0.335 e. The largest absolute Gasteiger partial charge is 0.487 e. The molecule has 7 nitrogen and oxygen atoms in total. The Balaban J connectivity index is 1.29. The van der Waals surface area contributed by atoms with Crippen molar-refractivity contribution in [3.8, 4) is 11.4 Å². The highest BCUT2D eigenvalue weighted by molar-refractivity contribution is 6.37. The number of hydrogen-bond donors (Lipinski definition) is 2. The van der Waals surface area contributed by atoms with Crippen molar-refractivity contribution >= 4 is 40.1 Å². The molecule has 0 aliphatic rings. The van der Waals surface area contributed by atoms with Crippen LogP contribution in [0.25, 0.3) is 16.6 Å². The number of fused-ring (bicyclic) bond motifs is 1. The Hall–Kier alpha value is -3.78. The van der Waals surface area contributed by atoms with E-state index in [9.17, 15) is 9.90 Å². The van der Waals surface area contributed by atoms with Crippen molar-refractivity contribution in [1.82, 2.24) is 14.3 Å². The van der Waals surface area contributed by atoms with E-state index in [0.29, 0.717) is 28.9 Å². The van der Waals surface area contributed by atoms with E-state index in [1.54, 1.807) is 28.9 Å². The Morgan fingerprint density at radius 2 is 1.80 bits per heavy atom. The van der Waals surface area contributed by atoms with Crippen molar-refractivity contribution in [3.63, 3.8) is 0 Å². The second-order valence-electron chi connectivity index (χ2n) is 10.5. The van der Waals surface area contributed by atoms with Crippen molar-refractivity contribution in [1.29, 1.82) is 0 Å². The topological polar surface area (TPSA) is 95.3 Å². The molecule has 0 aliphatic heterocycles. The van der Waals surface area contributed by atoms with Crippen molar-refractivity contribution in [2.75, 3.05) is 0 Å². The second kappa shape index (κ2) is 12.0. The molecule has 2 aromatic heterocycles. The van der Waals surface area contributed by atoms with Crippen LogP contribution < -0.4 is 10.5 Å². The quantitative estimate of drug-likeness (QED) is 0.172. The average molecular weight is 592 g/mol. The van der Waals surface area contributed by atoms with Gasteiger partial charge in [-0.2, -0.15) is 5.10 Å². The van der Waals surface area contributed by atoms with Crippen LogP contribution in [0.4, 0.5) is 0 Å². The molecule has 0 spiro atoms. The summed E-state index contributed by atoms with van der Waals surface area (Å²) in [7, 11) is 0. The number of benzene rings is 3. The maximum atomic E-state index is 11.3. The van der Waals surface area contributed by atoms with E-state index in [2.05, 4.69) is 23.5 Å². The molecule has 1 atom stereocenters. The van der Waals surface area contributed by atoms with E-state index in [1.807, 2.05) is 55.7 Å². The van der Waals surface area contributed by atoms with E-state index < -0.39 is 5.97 Å². The van der Waals surface area contributed by atoms with Crippen LogP contribution in [0.2, 0.25) is 10.0 Å². The van der Waals surface area contributed by atoms with Gasteiger partial charge in [-0.1, -0.05) is 49.2 Å². The first-order valence-electron chi connectivity index (χ1n) is 13.5. The normalized spacial score (nSPS) is 12.3. The fourth-order valence-corrected chi connectivity index (χ4v) is 5.72. The lowest BCUT2D eigenvalue weighted by molar-refractivity contribution is 0.0697. The van der Waals surface area contributed by atoms with Crippen molar-refractivity contribution in [3.05, 3.63) is 111 Å². The third-order valence-electron chi connectivity index (χ3n) is 7.39. The minimum Gasteiger partial charge on any atom is -0.487 e. The molecule has 5 rings (SSSR count). The van der Waals surface area contributed by atoms with Gasteiger partial charge in [0.15, 0.2) is 0 Å². The zero-order valence-electron chi connectivity index (χ0n) is 23.1. The zero-order chi connectivity index (χ0) is 29.3. The molecule has 5 aromatic rings. The van der Waals surface area contributed by atoms with Gasteiger partial charge in [0.1, 0.15) is 18.0 Å². The van der Waals surface area contributed by atoms with Gasteiger partial charge in [-0.25, -0.2) is 9.48 Å². The highest BCUT2D eigenvalue weighted by Crippen LogP contribution is 2.32. The molecule has 0 saturated carbocycles. The predicted molar refractivity (Wildman–Crippen MR) is 164 cm³/mol. The van der Waals surface area contributed by atoms with Gasteiger partial charge < -0.3 is 20.1 Å². The minimum atomic E-state index is -0.930. The highest BCUT2D eigenvalue weighted by Gasteiger charge is 2.20. The van der Waals surface area contributed by atoms with Crippen LogP contribution in [-0.4, -0.2) is 25.4 Å². The van der Waals surface area contributed by atoms with Gasteiger partial charge >= 0.3 is 5.97 Å². The summed E-state index contributed by atoms with van der Waals surface area (Å²) in [4.78, 5) is 11.3. The molecule has 1 unspecified atom stereocenters. The Kier molecular flexibility index (Phi) is 8.40. The average Bonchev–Trinajstić information content (AvgIpc) is 3.54. The molecule has 0 bridgehead atoms. The molecule has 2 heterocycles. The van der Waals surface area contributed by atoms with Crippen molar-refractivity contribution in [2.24, 2.45) is 5.73 Å². The fraction of sp³-hybridized carbons (Fsp3) is 0.250. The summed E-state index contributed by atoms with van der Waals surface area (Å²) >= 11 is 13.0. The molecular formula is C32H32Cl2N4O3. The number of halogens is 2. The summed E-state index contributed by atoms with van der Waals surface area (Å²) in [5, 5.41) is 15.8. The summed E-state index contributed by atoms with van der Waals surface area (Å²) in [6.07, 6.45) is 4.54. The number of carboxylic acids is 1. The van der Waals surface area contributed by atoms with E-state index in [1.165, 1.54) is 0 Å². The summed E-state index contributed by atoms with van der Waals surface area (Å²) in [6.45, 7) is 7.27. The van der Waals surface area contributed by atoms with Crippen molar-refractivity contribution in [2.45, 2.75) is 52.3 Å². The number of para-hydroxylation sites is 1. The molecule has 3 aromatic carbocycles. The Morgan fingerprint density at radius 3 is 2.49 bits per heavy atom. The molecule has 0 aliphatic carbocycles. The molecule has 41 heavy (non-hydrogen) atoms. The van der Waals surface area contributed by atoms with Crippen LogP contribution in [0.5, 0.6) is 5.75 Å². The van der Waals surface area contributed by atoms with Gasteiger partial charge in [-0.3, -0.25) is 0 Å². The Bertz CT molecular complexity index is 1700. The third-order valence-corrected chi connectivity index (χ3v) is 8.00. The molecule has 212 valence electrons. The van der Waals surface area contributed by atoms with E-state index >= 15 is 0 Å². The molecule has 9 heteroatoms. The van der Waals surface area contributed by atoms with E-state index in [-0.39, 0.29) is 17.5 Å². The lowest BCUT2D eigenvalue weighted by Gasteiger charge is -2.18. The van der Waals surface area contributed by atoms with Crippen LogP contribution in [0, 0.1) is 6.92 Å². The van der Waals surface area contributed by atoms with Crippen LogP contribution in [0.15, 0.2) is 73.1 Å². The Labute approximate surface area is 249 Å². The number of hydrogen-bond acceptors (Lipinski definition) is 4. The SMILES string of the molecule is Cc1cc(OCc2c(C(C)C)cnn2-c2c(Cl)cccc2Cl)ccc1C(N)CCn1ccc2cc(C(=O)O)ccc21. The van der Waals surface area contributed by atoms with Crippen LogP contribution in [0.3, 0.4) is 0 Å². The van der Waals surface area contributed by atoms with Gasteiger partial charge in [0.25, 0.3) is 0 Å².